The lowest BCUT2D eigenvalue weighted by molar-refractivity contribution is -0.121. The van der Waals surface area contributed by atoms with Crippen LogP contribution < -0.4 is 10.1 Å². The molecule has 1 aliphatic rings. The average molecular weight is 375 g/mol. The summed E-state index contributed by atoms with van der Waals surface area (Å²) in [6.45, 7) is 8.59. The molecule has 0 unspecified atom stereocenters. The molecule has 1 aliphatic heterocycles. The Morgan fingerprint density at radius 3 is 2.54 bits per heavy atom. The van der Waals surface area contributed by atoms with Crippen LogP contribution in [0.1, 0.15) is 17.6 Å². The molecule has 0 spiro atoms. The smallest absolute Gasteiger partial charge is 0.241 e. The zero-order chi connectivity index (χ0) is 18.5. The Labute approximate surface area is 158 Å². The summed E-state index contributed by atoms with van der Waals surface area (Å²) in [6, 6.07) is 7.26. The minimum atomic E-state index is -0.152. The molecule has 2 aromatic rings. The molecule has 1 fully saturated rings. The number of anilines is 1. The van der Waals surface area contributed by atoms with E-state index in [1.807, 2.05) is 38.1 Å². The topological polar surface area (TPSA) is 57.7 Å². The number of carbonyl (C=O) groups excluding carboxylic acids is 1. The fraction of sp³-hybridized carbons (Fsp3) is 0.474. The highest BCUT2D eigenvalue weighted by atomic mass is 32.1. The van der Waals surface area contributed by atoms with Crippen molar-refractivity contribution in [3.8, 4) is 5.75 Å². The van der Waals surface area contributed by atoms with Crippen molar-refractivity contribution in [2.24, 2.45) is 0 Å². The van der Waals surface area contributed by atoms with Gasteiger partial charge in [-0.05, 0) is 38.1 Å². The summed E-state index contributed by atoms with van der Waals surface area (Å²) < 4.78 is 5.14. The van der Waals surface area contributed by atoms with Crippen molar-refractivity contribution < 1.29 is 9.53 Å². The van der Waals surface area contributed by atoms with Crippen molar-refractivity contribution in [2.75, 3.05) is 38.6 Å². The summed E-state index contributed by atoms with van der Waals surface area (Å²) >= 11 is 1.70. The van der Waals surface area contributed by atoms with Gasteiger partial charge in [-0.1, -0.05) is 0 Å². The molecule has 0 bridgehead atoms. The molecule has 6 nitrogen and oxygen atoms in total. The third-order valence-electron chi connectivity index (χ3n) is 4.74. The maximum Gasteiger partial charge on any atom is 0.241 e. The van der Waals surface area contributed by atoms with Gasteiger partial charge in [0, 0.05) is 43.8 Å². The standard InChI is InChI=1S/C19H26N4O2S/c1-14(19(24)21-16-4-6-18(25-3)7-5-16)23-10-8-22(9-11-23)12-17-13-26-15(2)20-17/h4-7,13-14H,8-12H2,1-3H3,(H,21,24)/t14-/m0/s1. The lowest BCUT2D eigenvalue weighted by atomic mass is 10.2. The number of nitrogens with zero attached hydrogens (tertiary/aromatic N) is 3. The normalized spacial score (nSPS) is 17.0. The van der Waals surface area contributed by atoms with Crippen LogP contribution in [-0.2, 0) is 11.3 Å². The molecule has 0 saturated carbocycles. The lowest BCUT2D eigenvalue weighted by Crippen LogP contribution is -2.52. The van der Waals surface area contributed by atoms with E-state index >= 15 is 0 Å². The Kier molecular flexibility index (Phi) is 6.24. The molecule has 1 aromatic heterocycles. The average Bonchev–Trinajstić information content (AvgIpc) is 3.07. The van der Waals surface area contributed by atoms with Gasteiger partial charge in [-0.2, -0.15) is 0 Å². The number of carbonyl (C=O) groups is 1. The molecule has 140 valence electrons. The highest BCUT2D eigenvalue weighted by Crippen LogP contribution is 2.17. The van der Waals surface area contributed by atoms with Crippen LogP contribution in [-0.4, -0.2) is 60.0 Å². The van der Waals surface area contributed by atoms with Gasteiger partial charge in [0.05, 0.1) is 23.9 Å². The number of methoxy groups -OCH3 is 1. The van der Waals surface area contributed by atoms with Gasteiger partial charge in [-0.25, -0.2) is 4.98 Å². The predicted molar refractivity (Wildman–Crippen MR) is 105 cm³/mol. The third-order valence-corrected chi connectivity index (χ3v) is 5.57. The molecule has 3 rings (SSSR count). The summed E-state index contributed by atoms with van der Waals surface area (Å²) in [5, 5.41) is 6.23. The highest BCUT2D eigenvalue weighted by Gasteiger charge is 2.25. The fourth-order valence-electron chi connectivity index (χ4n) is 3.11. The van der Waals surface area contributed by atoms with Crippen molar-refractivity contribution in [3.05, 3.63) is 40.3 Å². The first-order valence-corrected chi connectivity index (χ1v) is 9.75. The number of rotatable bonds is 6. The molecule has 1 aromatic carbocycles. The number of aryl methyl sites for hydroxylation is 1. The Morgan fingerprint density at radius 2 is 1.96 bits per heavy atom. The number of hydrogen-bond donors (Lipinski definition) is 1. The van der Waals surface area contributed by atoms with Crippen LogP contribution >= 0.6 is 11.3 Å². The molecule has 1 N–H and O–H groups in total. The minimum absolute atomic E-state index is 0.0266. The molecular formula is C19H26N4O2S. The van der Waals surface area contributed by atoms with Gasteiger partial charge in [-0.15, -0.1) is 11.3 Å². The van der Waals surface area contributed by atoms with Gasteiger partial charge in [0.1, 0.15) is 5.75 Å². The van der Waals surface area contributed by atoms with Gasteiger partial charge >= 0.3 is 0 Å². The van der Waals surface area contributed by atoms with Crippen LogP contribution in [0.5, 0.6) is 5.75 Å². The van der Waals surface area contributed by atoms with Crippen molar-refractivity contribution in [1.29, 1.82) is 0 Å². The van der Waals surface area contributed by atoms with E-state index in [9.17, 15) is 4.79 Å². The number of aromatic nitrogens is 1. The first kappa shape index (κ1) is 18.8. The number of benzene rings is 1. The number of thiazole rings is 1. The van der Waals surface area contributed by atoms with Crippen molar-refractivity contribution >= 4 is 22.9 Å². The highest BCUT2D eigenvalue weighted by molar-refractivity contribution is 7.09. The summed E-state index contributed by atoms with van der Waals surface area (Å²) in [5.41, 5.74) is 1.94. The first-order chi connectivity index (χ1) is 12.5. The van der Waals surface area contributed by atoms with E-state index in [1.54, 1.807) is 18.4 Å². The van der Waals surface area contributed by atoms with Crippen LogP contribution in [0.4, 0.5) is 5.69 Å². The van der Waals surface area contributed by atoms with Crippen molar-refractivity contribution in [2.45, 2.75) is 26.4 Å². The molecule has 1 atom stereocenters. The Hall–Kier alpha value is -1.96. The quantitative estimate of drug-likeness (QED) is 0.842. The van der Waals surface area contributed by atoms with Gasteiger partial charge in [0.2, 0.25) is 5.91 Å². The number of hydrogen-bond acceptors (Lipinski definition) is 6. The van der Waals surface area contributed by atoms with Crippen LogP contribution in [0.25, 0.3) is 0 Å². The van der Waals surface area contributed by atoms with Crippen molar-refractivity contribution in [1.82, 2.24) is 14.8 Å². The molecule has 26 heavy (non-hydrogen) atoms. The largest absolute Gasteiger partial charge is 0.497 e. The lowest BCUT2D eigenvalue weighted by Gasteiger charge is -2.37. The van der Waals surface area contributed by atoms with E-state index in [4.69, 9.17) is 4.74 Å². The van der Waals surface area contributed by atoms with E-state index < -0.39 is 0 Å². The Bertz CT molecular complexity index is 723. The molecule has 0 aliphatic carbocycles. The molecule has 7 heteroatoms. The zero-order valence-corrected chi connectivity index (χ0v) is 16.4. The fourth-order valence-corrected chi connectivity index (χ4v) is 3.71. The molecule has 2 heterocycles. The van der Waals surface area contributed by atoms with Crippen LogP contribution in [0.3, 0.4) is 0 Å². The second-order valence-corrected chi connectivity index (χ2v) is 7.63. The van der Waals surface area contributed by atoms with Crippen molar-refractivity contribution in [3.63, 3.8) is 0 Å². The molecule has 0 radical (unpaired) electrons. The number of ether oxygens (including phenoxy) is 1. The van der Waals surface area contributed by atoms with E-state index in [0.717, 1.165) is 54.9 Å². The van der Waals surface area contributed by atoms with E-state index in [2.05, 4.69) is 25.5 Å². The SMILES string of the molecule is COc1ccc(NC(=O)[C@H](C)N2CCN(Cc3csc(C)n3)CC2)cc1. The van der Waals surface area contributed by atoms with Crippen LogP contribution in [0.15, 0.2) is 29.6 Å². The number of amides is 1. The molecule has 1 amide bonds. The maximum atomic E-state index is 12.5. The summed E-state index contributed by atoms with van der Waals surface area (Å²) in [4.78, 5) is 21.7. The van der Waals surface area contributed by atoms with Gasteiger partial charge in [0.25, 0.3) is 0 Å². The Balaban J connectivity index is 1.47. The molecule has 1 saturated heterocycles. The van der Waals surface area contributed by atoms with Crippen LogP contribution in [0.2, 0.25) is 0 Å². The van der Waals surface area contributed by atoms with Crippen LogP contribution in [0, 0.1) is 6.92 Å². The first-order valence-electron chi connectivity index (χ1n) is 8.87. The van der Waals surface area contributed by atoms with Gasteiger partial charge < -0.3 is 10.1 Å². The van der Waals surface area contributed by atoms with E-state index in [1.165, 1.54) is 0 Å². The molecular weight excluding hydrogens is 348 g/mol. The van der Waals surface area contributed by atoms with E-state index in [-0.39, 0.29) is 11.9 Å². The summed E-state index contributed by atoms with van der Waals surface area (Å²) in [7, 11) is 1.63. The zero-order valence-electron chi connectivity index (χ0n) is 15.6. The number of nitrogens with one attached hydrogen (secondary N) is 1. The second kappa shape index (κ2) is 8.62. The number of piperazine rings is 1. The predicted octanol–water partition coefficient (Wildman–Crippen LogP) is 2.60. The second-order valence-electron chi connectivity index (χ2n) is 6.56. The minimum Gasteiger partial charge on any atom is -0.497 e. The van der Waals surface area contributed by atoms with Gasteiger partial charge in [0.15, 0.2) is 0 Å². The summed E-state index contributed by atoms with van der Waals surface area (Å²) in [5.74, 6) is 0.807. The Morgan fingerprint density at radius 1 is 1.27 bits per heavy atom. The van der Waals surface area contributed by atoms with Gasteiger partial charge in [-0.3, -0.25) is 14.6 Å². The van der Waals surface area contributed by atoms with E-state index in [0.29, 0.717) is 0 Å². The maximum absolute atomic E-state index is 12.5. The monoisotopic (exact) mass is 374 g/mol. The summed E-state index contributed by atoms with van der Waals surface area (Å²) in [6.07, 6.45) is 0. The third kappa shape index (κ3) is 4.81.